The van der Waals surface area contributed by atoms with Gasteiger partial charge in [0.2, 0.25) is 17.7 Å². The average Bonchev–Trinajstić information content (AvgIpc) is 1.88. The van der Waals surface area contributed by atoms with Gasteiger partial charge in [0.05, 0.1) is 48.7 Å². The van der Waals surface area contributed by atoms with E-state index in [1.807, 2.05) is 26.8 Å². The van der Waals surface area contributed by atoms with Crippen molar-refractivity contribution in [1.82, 2.24) is 21.3 Å². The molecule has 2 aromatic carbocycles. The van der Waals surface area contributed by atoms with E-state index in [9.17, 15) is 43.5 Å². The molecule has 470 valence electrons. The number of hydrogen-bond donors (Lipinski definition) is 8. The molecule has 2 aromatic rings. The number of benzene rings is 2. The highest BCUT2D eigenvalue weighted by Gasteiger charge is 2.64. The first-order valence-electron chi connectivity index (χ1n) is 27.8. The number of amides is 7. The number of aldehydes is 2. The number of epoxide rings is 1. The third-order valence-corrected chi connectivity index (χ3v) is 17.5. The number of anilines is 3. The number of halogens is 4. The Morgan fingerprint density at radius 2 is 1.76 bits per heavy atom. The Morgan fingerprint density at radius 3 is 2.38 bits per heavy atom. The fraction of sp³-hybridized carbons (Fsp3) is 0.586. The molecule has 2 saturated heterocycles. The molecule has 0 radical (unpaired) electrons. The van der Waals surface area contributed by atoms with Crippen molar-refractivity contribution >= 4 is 109 Å². The highest BCUT2D eigenvalue weighted by atomic mass is 79.9. The number of nitrogens with two attached hydrogens (primary N) is 1. The largest absolute Gasteiger partial charge is 0.495 e. The molecule has 4 bridgehead atoms. The van der Waals surface area contributed by atoms with Gasteiger partial charge in [-0.1, -0.05) is 88.0 Å². The van der Waals surface area contributed by atoms with Gasteiger partial charge in [-0.05, 0) is 108 Å². The lowest BCUT2D eigenvalue weighted by molar-refractivity contribution is -0.146. The summed E-state index contributed by atoms with van der Waals surface area (Å²) >= 11 is 13.5. The monoisotopic (exact) mass is 1340 g/mol. The van der Waals surface area contributed by atoms with Crippen LogP contribution in [-0.2, 0) is 54.1 Å². The maximum absolute atomic E-state index is 16.1. The van der Waals surface area contributed by atoms with Gasteiger partial charge in [-0.25, -0.2) is 18.8 Å². The molecule has 0 aliphatic carbocycles. The summed E-state index contributed by atoms with van der Waals surface area (Å²) in [7, 11) is 4.32. The number of urea groups is 1. The highest BCUT2D eigenvalue weighted by Crippen LogP contribution is 2.49. The van der Waals surface area contributed by atoms with E-state index in [-0.39, 0.29) is 64.5 Å². The van der Waals surface area contributed by atoms with Crippen molar-refractivity contribution in [3.05, 3.63) is 70.5 Å². The average molecular weight is 1340 g/mol. The highest BCUT2D eigenvalue weighted by molar-refractivity contribution is 9.10. The number of methoxy groups -OCH3 is 2. The summed E-state index contributed by atoms with van der Waals surface area (Å²) in [5, 5.41) is 28.3. The van der Waals surface area contributed by atoms with E-state index in [2.05, 4.69) is 63.8 Å². The number of rotatable bonds is 25. The molecule has 5 rings (SSSR count). The Hall–Kier alpha value is -5.74. The summed E-state index contributed by atoms with van der Waals surface area (Å²) in [6.07, 6.45) is 1.34. The van der Waals surface area contributed by atoms with Crippen molar-refractivity contribution in [2.24, 2.45) is 17.6 Å². The Labute approximate surface area is 516 Å². The van der Waals surface area contributed by atoms with Crippen LogP contribution in [0.2, 0.25) is 5.02 Å². The van der Waals surface area contributed by atoms with Crippen LogP contribution in [0.15, 0.2) is 54.1 Å². The standard InChI is InChI=1S/C58H80Br2ClFN8O15/c1-32(2)48(65-37(28-71)15-12-20-55(5,6)85-57(29-59,30-60)31-72)51(75)67-40(16-13-21-64-52(63)76)50(74)66-36-18-19-39(38(62)25-36)68-53(77)83-45-26-46(73)70(8)41-23-35(24-42(80-9)47(41)61)22-33(3)14-11-17-44(81-10)58(79)27-43(82-54(78)69-58)34(4)49-56(45,7)84-49/h11,14,17-19,23-25,28,31-32,34,37,40,43-45,48-49,65,79H,12-13,15-16,20-22,26-27,29-30H2,1-10H3,(H,66,74)(H,67,75)(H,68,77)(H,69,78)(H3,63,64,76)/b17-11+,33-14+/t34-,37?,40+,43+,44-,45+,48+,49+,56+,58+/m1/s1. The van der Waals surface area contributed by atoms with Gasteiger partial charge < -0.3 is 69.7 Å². The summed E-state index contributed by atoms with van der Waals surface area (Å²) in [5.74, 6) is -3.75. The molecule has 1 unspecified atom stereocenters. The molecule has 0 saturated carbocycles. The van der Waals surface area contributed by atoms with Gasteiger partial charge in [0.15, 0.2) is 12.0 Å². The normalized spacial score (nSPS) is 24.8. The molecular formula is C58H80Br2ClFN8O15. The molecule has 85 heavy (non-hydrogen) atoms. The molecule has 10 atom stereocenters. The summed E-state index contributed by atoms with van der Waals surface area (Å²) in [5.41, 5.74) is 1.45. The van der Waals surface area contributed by atoms with Gasteiger partial charge in [-0.2, -0.15) is 0 Å². The molecule has 23 nitrogen and oxygen atoms in total. The van der Waals surface area contributed by atoms with E-state index in [1.54, 1.807) is 52.0 Å². The fourth-order valence-corrected chi connectivity index (χ4v) is 12.1. The SMILES string of the molecule is COc1cc2cc(c1Cl)N(C)C(=O)C[C@H](OC(=O)Nc1ccc(NC(=O)[C@H](CCCNC(N)=O)NC(=O)[C@@H](NC(C=O)CCCC(C)(C)OC(C=O)(CBr)CBr)C(C)C)cc1F)[C@]1(C)O[C@H]1[C@H](C)[C@@H]1C[C@@](O)(NC(=O)O1)[C@H](OC)/C=C/C=C(\C)C2. The van der Waals surface area contributed by atoms with E-state index < -0.39 is 125 Å². The minimum atomic E-state index is -1.93. The van der Waals surface area contributed by atoms with Crippen LogP contribution in [0.3, 0.4) is 0 Å². The number of allylic oxidation sites excluding steroid dienone is 3. The predicted molar refractivity (Wildman–Crippen MR) is 324 cm³/mol. The maximum Gasteiger partial charge on any atom is 0.412 e. The molecule has 3 aliphatic heterocycles. The number of carbonyl (C=O) groups excluding carboxylic acids is 8. The number of nitrogens with one attached hydrogen (secondary N) is 6. The van der Waals surface area contributed by atoms with E-state index in [4.69, 9.17) is 45.8 Å². The molecule has 9 N–H and O–H groups in total. The zero-order valence-electron chi connectivity index (χ0n) is 49.4. The molecule has 3 aliphatic rings. The Balaban J connectivity index is 1.35. The van der Waals surface area contributed by atoms with Gasteiger partial charge in [-0.15, -0.1) is 0 Å². The first kappa shape index (κ1) is 70.0. The molecule has 7 amide bonds. The van der Waals surface area contributed by atoms with Crippen molar-refractivity contribution in [2.45, 2.75) is 165 Å². The fourth-order valence-electron chi connectivity index (χ4n) is 10.4. The van der Waals surface area contributed by atoms with Gasteiger partial charge in [0.1, 0.15) is 58.4 Å². The quantitative estimate of drug-likeness (QED) is 0.0210. The van der Waals surface area contributed by atoms with Crippen molar-refractivity contribution in [2.75, 3.05) is 54.0 Å². The second kappa shape index (κ2) is 30.7. The number of carbonyl (C=O) groups is 8. The molecular weight excluding hydrogens is 1260 g/mol. The van der Waals surface area contributed by atoms with Crippen molar-refractivity contribution in [3.63, 3.8) is 0 Å². The van der Waals surface area contributed by atoms with Crippen LogP contribution in [-0.4, -0.2) is 157 Å². The van der Waals surface area contributed by atoms with Crippen molar-refractivity contribution < 1.29 is 76.3 Å². The number of primary amides is 1. The Bertz CT molecular complexity index is 2810. The minimum absolute atomic E-state index is 0.0162. The number of hydrogen-bond acceptors (Lipinski definition) is 16. The first-order chi connectivity index (χ1) is 40.0. The van der Waals surface area contributed by atoms with Gasteiger partial charge in [-0.3, -0.25) is 30.3 Å². The third-order valence-electron chi connectivity index (χ3n) is 15.2. The van der Waals surface area contributed by atoms with Crippen LogP contribution in [0.25, 0.3) is 0 Å². The lowest BCUT2D eigenvalue weighted by Crippen LogP contribution is -2.63. The van der Waals surface area contributed by atoms with Gasteiger partial charge >= 0.3 is 18.2 Å². The van der Waals surface area contributed by atoms with Crippen LogP contribution in [0.4, 0.5) is 35.8 Å². The van der Waals surface area contributed by atoms with Crippen LogP contribution >= 0.6 is 43.5 Å². The number of ether oxygens (including phenoxy) is 6. The predicted octanol–water partition coefficient (Wildman–Crippen LogP) is 7.26. The topological polar surface area (TPSA) is 317 Å². The number of alkyl halides is 2. The third kappa shape index (κ3) is 18.9. The molecule has 2 fully saturated rings. The maximum atomic E-state index is 16.1. The lowest BCUT2D eigenvalue weighted by atomic mass is 9.83. The molecule has 0 spiro atoms. The number of alkyl carbamates (subject to hydrolysis) is 1. The van der Waals surface area contributed by atoms with Crippen LogP contribution < -0.4 is 47.3 Å². The Kier molecular flexibility index (Phi) is 25.3. The van der Waals surface area contributed by atoms with Crippen molar-refractivity contribution in [1.29, 1.82) is 0 Å². The van der Waals surface area contributed by atoms with Crippen LogP contribution in [0.1, 0.15) is 99.0 Å². The second-order valence-corrected chi connectivity index (χ2v) is 24.3. The summed E-state index contributed by atoms with van der Waals surface area (Å²) < 4.78 is 51.4. The van der Waals surface area contributed by atoms with E-state index >= 15 is 4.39 Å². The number of aliphatic hydroxyl groups is 1. The summed E-state index contributed by atoms with van der Waals surface area (Å²) in [4.78, 5) is 106. The van der Waals surface area contributed by atoms with Gasteiger partial charge in [0, 0.05) is 49.4 Å². The zero-order valence-corrected chi connectivity index (χ0v) is 53.4. The van der Waals surface area contributed by atoms with Crippen LogP contribution in [0, 0.1) is 17.7 Å². The number of fused-ring (bicyclic) bond motifs is 5. The zero-order chi connectivity index (χ0) is 63.2. The smallest absolute Gasteiger partial charge is 0.412 e. The van der Waals surface area contributed by atoms with E-state index in [1.165, 1.54) is 32.2 Å². The van der Waals surface area contributed by atoms with Crippen LogP contribution in [0.5, 0.6) is 5.75 Å². The summed E-state index contributed by atoms with van der Waals surface area (Å²) in [6, 6.07) is 3.02. The molecule has 3 heterocycles. The molecule has 0 aromatic heterocycles. The van der Waals surface area contributed by atoms with Gasteiger partial charge in [0.25, 0.3) is 0 Å². The lowest BCUT2D eigenvalue weighted by Gasteiger charge is -2.42. The number of nitrogens with zero attached hydrogens (tertiary/aromatic N) is 1. The second-order valence-electron chi connectivity index (χ2n) is 22.8. The summed E-state index contributed by atoms with van der Waals surface area (Å²) in [6.45, 7) is 12.4. The van der Waals surface area contributed by atoms with E-state index in [0.717, 1.165) is 29.6 Å². The minimum Gasteiger partial charge on any atom is -0.495 e. The first-order valence-corrected chi connectivity index (χ1v) is 30.4. The molecule has 27 heteroatoms. The Morgan fingerprint density at radius 1 is 1.06 bits per heavy atom. The van der Waals surface area contributed by atoms with Crippen molar-refractivity contribution in [3.8, 4) is 5.75 Å². The van der Waals surface area contributed by atoms with E-state index in [0.29, 0.717) is 32.0 Å².